The SMILES string of the molecule is COCCOC(=O)Nc1cccc(NC(=O)[C@@H](N=C2NS(=O)(=O)c3ccccc32)C(C)C)c1. The van der Waals surface area contributed by atoms with Gasteiger partial charge in [0.1, 0.15) is 18.5 Å². The molecule has 0 saturated heterocycles. The fourth-order valence-electron chi connectivity index (χ4n) is 3.14. The molecule has 1 aliphatic heterocycles. The van der Waals surface area contributed by atoms with E-state index < -0.39 is 28.1 Å². The van der Waals surface area contributed by atoms with Crippen molar-refractivity contribution in [1.82, 2.24) is 4.72 Å². The number of carbonyl (C=O) groups is 2. The number of fused-ring (bicyclic) bond motifs is 1. The third-order valence-electron chi connectivity index (χ3n) is 4.73. The van der Waals surface area contributed by atoms with Crippen molar-refractivity contribution in [1.29, 1.82) is 0 Å². The Morgan fingerprint density at radius 3 is 2.42 bits per heavy atom. The maximum Gasteiger partial charge on any atom is 0.411 e. The number of amides is 2. The monoisotopic (exact) mass is 474 g/mol. The molecule has 2 aromatic carbocycles. The molecule has 2 amide bonds. The van der Waals surface area contributed by atoms with E-state index in [-0.39, 0.29) is 29.9 Å². The largest absolute Gasteiger partial charge is 0.447 e. The predicted molar refractivity (Wildman–Crippen MR) is 124 cm³/mol. The first kappa shape index (κ1) is 24.2. The van der Waals surface area contributed by atoms with Crippen LogP contribution in [-0.2, 0) is 24.3 Å². The Morgan fingerprint density at radius 1 is 1.03 bits per heavy atom. The van der Waals surface area contributed by atoms with Crippen LogP contribution >= 0.6 is 0 Å². The standard InChI is InChI=1S/C22H26N4O6S/c1-14(2)19(25-20-17-9-4-5-10-18(17)33(29,30)26-20)21(27)23-15-7-6-8-16(13-15)24-22(28)32-12-11-31-3/h4-10,13-14,19H,11-12H2,1-3H3,(H,23,27)(H,24,28)(H,25,26)/t19-/m0/s1. The smallest absolute Gasteiger partial charge is 0.411 e. The highest BCUT2D eigenvalue weighted by Crippen LogP contribution is 2.24. The van der Waals surface area contributed by atoms with Gasteiger partial charge in [-0.2, -0.15) is 0 Å². The molecule has 176 valence electrons. The van der Waals surface area contributed by atoms with Crippen LogP contribution in [0.2, 0.25) is 0 Å². The van der Waals surface area contributed by atoms with E-state index in [2.05, 4.69) is 20.3 Å². The van der Waals surface area contributed by atoms with Crippen LogP contribution in [-0.4, -0.2) is 52.6 Å². The Hall–Kier alpha value is -3.44. The highest BCUT2D eigenvalue weighted by Gasteiger charge is 2.32. The highest BCUT2D eigenvalue weighted by molar-refractivity contribution is 7.90. The van der Waals surface area contributed by atoms with Gasteiger partial charge in [0, 0.05) is 24.0 Å². The summed E-state index contributed by atoms with van der Waals surface area (Å²) < 4.78 is 36.9. The van der Waals surface area contributed by atoms with E-state index >= 15 is 0 Å². The number of ether oxygens (including phenoxy) is 2. The molecule has 0 saturated carbocycles. The van der Waals surface area contributed by atoms with Crippen LogP contribution in [0.25, 0.3) is 0 Å². The molecule has 0 fully saturated rings. The molecule has 0 spiro atoms. The van der Waals surface area contributed by atoms with Crippen LogP contribution < -0.4 is 15.4 Å². The van der Waals surface area contributed by atoms with Crippen LogP contribution in [0.1, 0.15) is 19.4 Å². The molecule has 10 nitrogen and oxygen atoms in total. The van der Waals surface area contributed by atoms with E-state index in [1.54, 1.807) is 42.5 Å². The topological polar surface area (TPSA) is 135 Å². The first-order valence-electron chi connectivity index (χ1n) is 10.2. The minimum absolute atomic E-state index is 0.113. The average Bonchev–Trinajstić information content (AvgIpc) is 3.02. The number of nitrogens with zero attached hydrogens (tertiary/aromatic N) is 1. The van der Waals surface area contributed by atoms with Crippen LogP contribution in [0, 0.1) is 5.92 Å². The van der Waals surface area contributed by atoms with Gasteiger partial charge in [-0.1, -0.05) is 32.0 Å². The fraction of sp³-hybridized carbons (Fsp3) is 0.318. The van der Waals surface area contributed by atoms with Crippen molar-refractivity contribution >= 4 is 39.2 Å². The van der Waals surface area contributed by atoms with Crippen LogP contribution in [0.5, 0.6) is 0 Å². The number of amidine groups is 1. The van der Waals surface area contributed by atoms with Crippen LogP contribution in [0.3, 0.4) is 0 Å². The number of benzene rings is 2. The van der Waals surface area contributed by atoms with Gasteiger partial charge in [0.05, 0.1) is 11.5 Å². The van der Waals surface area contributed by atoms with Gasteiger partial charge in [-0.3, -0.25) is 19.8 Å². The summed E-state index contributed by atoms with van der Waals surface area (Å²) in [6.45, 7) is 4.03. The van der Waals surface area contributed by atoms with Gasteiger partial charge in [0.2, 0.25) is 5.91 Å². The minimum Gasteiger partial charge on any atom is -0.447 e. The molecule has 2 aromatic rings. The van der Waals surface area contributed by atoms with Crippen molar-refractivity contribution in [3.8, 4) is 0 Å². The number of nitrogens with one attached hydrogen (secondary N) is 3. The molecule has 0 unspecified atom stereocenters. The summed E-state index contributed by atoms with van der Waals surface area (Å²) in [5.41, 5.74) is 1.29. The molecule has 1 atom stereocenters. The van der Waals surface area contributed by atoms with Gasteiger partial charge in [-0.25, -0.2) is 13.2 Å². The minimum atomic E-state index is -3.71. The van der Waals surface area contributed by atoms with Gasteiger partial charge < -0.3 is 14.8 Å². The van der Waals surface area contributed by atoms with Crippen molar-refractivity contribution in [3.63, 3.8) is 0 Å². The molecule has 0 aromatic heterocycles. The first-order chi connectivity index (χ1) is 15.7. The van der Waals surface area contributed by atoms with Crippen molar-refractivity contribution in [2.45, 2.75) is 24.8 Å². The molecule has 0 radical (unpaired) electrons. The second kappa shape index (κ2) is 10.5. The predicted octanol–water partition coefficient (Wildman–Crippen LogP) is 2.58. The molecule has 0 bridgehead atoms. The summed E-state index contributed by atoms with van der Waals surface area (Å²) in [6.07, 6.45) is -0.644. The summed E-state index contributed by atoms with van der Waals surface area (Å²) in [5.74, 6) is -0.499. The van der Waals surface area contributed by atoms with Crippen LogP contribution in [0.4, 0.5) is 16.2 Å². The van der Waals surface area contributed by atoms with Gasteiger partial charge in [0.25, 0.3) is 10.0 Å². The maximum atomic E-state index is 13.0. The number of carbonyl (C=O) groups excluding carboxylic acids is 2. The molecule has 11 heteroatoms. The lowest BCUT2D eigenvalue weighted by Gasteiger charge is -2.18. The van der Waals surface area contributed by atoms with Crippen molar-refractivity contribution < 1.29 is 27.5 Å². The normalized spacial score (nSPS) is 16.1. The zero-order chi connectivity index (χ0) is 24.0. The average molecular weight is 475 g/mol. The first-order valence-corrected chi connectivity index (χ1v) is 11.7. The quantitative estimate of drug-likeness (QED) is 0.503. The van der Waals surface area contributed by atoms with E-state index in [0.29, 0.717) is 16.9 Å². The summed E-state index contributed by atoms with van der Waals surface area (Å²) >= 11 is 0. The molecule has 3 rings (SSSR count). The number of hydrogen-bond donors (Lipinski definition) is 3. The summed E-state index contributed by atoms with van der Waals surface area (Å²) in [4.78, 5) is 29.4. The lowest BCUT2D eigenvalue weighted by Crippen LogP contribution is -2.34. The zero-order valence-electron chi connectivity index (χ0n) is 18.5. The number of anilines is 2. The maximum absolute atomic E-state index is 13.0. The van der Waals surface area contributed by atoms with Crippen molar-refractivity contribution in [2.75, 3.05) is 31.0 Å². The zero-order valence-corrected chi connectivity index (χ0v) is 19.3. The summed E-state index contributed by atoms with van der Waals surface area (Å²) in [5, 5.41) is 5.35. The Morgan fingerprint density at radius 2 is 1.73 bits per heavy atom. The fourth-order valence-corrected chi connectivity index (χ4v) is 4.38. The van der Waals surface area contributed by atoms with Gasteiger partial charge >= 0.3 is 6.09 Å². The van der Waals surface area contributed by atoms with Crippen molar-refractivity contribution in [3.05, 3.63) is 54.1 Å². The Kier molecular flexibility index (Phi) is 7.67. The molecular weight excluding hydrogens is 448 g/mol. The molecule has 1 aliphatic rings. The molecule has 33 heavy (non-hydrogen) atoms. The van der Waals surface area contributed by atoms with E-state index in [9.17, 15) is 18.0 Å². The van der Waals surface area contributed by atoms with Gasteiger partial charge in [-0.15, -0.1) is 0 Å². The second-order valence-corrected chi connectivity index (χ2v) is 9.24. The lowest BCUT2D eigenvalue weighted by atomic mass is 10.0. The molecular formula is C22H26N4O6S. The molecule has 0 aliphatic carbocycles. The van der Waals surface area contributed by atoms with Gasteiger partial charge in [0.15, 0.2) is 0 Å². The Labute approximate surface area is 192 Å². The summed E-state index contributed by atoms with van der Waals surface area (Å²) in [7, 11) is -2.21. The van der Waals surface area contributed by atoms with Crippen LogP contribution in [0.15, 0.2) is 58.4 Å². The van der Waals surface area contributed by atoms with E-state index in [4.69, 9.17) is 9.47 Å². The Balaban J connectivity index is 1.75. The third kappa shape index (κ3) is 6.08. The number of rotatable bonds is 8. The van der Waals surface area contributed by atoms with Crippen molar-refractivity contribution in [2.24, 2.45) is 10.9 Å². The van der Waals surface area contributed by atoms with Gasteiger partial charge in [-0.05, 0) is 36.2 Å². The molecule has 3 N–H and O–H groups in total. The number of aliphatic imine (C=N–C) groups is 1. The second-order valence-electron chi connectivity index (χ2n) is 7.59. The van der Waals surface area contributed by atoms with E-state index in [1.165, 1.54) is 13.2 Å². The Bertz CT molecular complexity index is 1160. The van der Waals surface area contributed by atoms with E-state index in [1.807, 2.05) is 13.8 Å². The van der Waals surface area contributed by atoms with E-state index in [0.717, 1.165) is 0 Å². The number of hydrogen-bond acceptors (Lipinski definition) is 7. The number of sulfonamides is 1. The third-order valence-corrected chi connectivity index (χ3v) is 6.13. The highest BCUT2D eigenvalue weighted by atomic mass is 32.2. The lowest BCUT2D eigenvalue weighted by molar-refractivity contribution is -0.118. The number of methoxy groups -OCH3 is 1. The molecule has 1 heterocycles. The summed E-state index contributed by atoms with van der Waals surface area (Å²) in [6, 6.07) is 12.2.